The second-order valence-corrected chi connectivity index (χ2v) is 10.6. The minimum Gasteiger partial charge on any atom is -0.487 e. The minimum atomic E-state index is 0.422. The van der Waals surface area contributed by atoms with Crippen LogP contribution in [0.25, 0.3) is 21.5 Å². The molecule has 0 aliphatic carbocycles. The third kappa shape index (κ3) is 8.46. The smallest absolute Gasteiger partial charge is 0.161 e. The van der Waals surface area contributed by atoms with Crippen LogP contribution >= 0.6 is 0 Å². The van der Waals surface area contributed by atoms with Crippen LogP contribution in [0.4, 0.5) is 0 Å². The summed E-state index contributed by atoms with van der Waals surface area (Å²) in [7, 11) is 0. The zero-order valence-corrected chi connectivity index (χ0v) is 25.6. The monoisotopic (exact) mass is 587 g/mol. The fraction of sp³-hybridized carbons (Fsp3) is 0.444. The van der Waals surface area contributed by atoms with Gasteiger partial charge in [0.1, 0.15) is 13.2 Å². The largest absolute Gasteiger partial charge is 0.487 e. The molecule has 0 aromatic heterocycles. The molecule has 7 nitrogen and oxygen atoms in total. The van der Waals surface area contributed by atoms with E-state index in [0.717, 1.165) is 26.1 Å². The summed E-state index contributed by atoms with van der Waals surface area (Å²) in [5.74, 6) is 1.42. The van der Waals surface area contributed by atoms with Crippen molar-refractivity contribution in [2.45, 2.75) is 26.8 Å². The molecule has 1 aliphatic heterocycles. The molecular formula is C36H45NO6. The number of hydrogen-bond acceptors (Lipinski definition) is 7. The standard InChI is InChI=1S/C36H45NO6/c1-3-37(4-2)27-34-31-11-7-5-9-29(31)33(30-10-6-8-12-32(30)34)25-28-13-14-35-36(26-28)43-24-22-41-20-18-39-16-15-38-17-19-40-21-23-42-35/h5-14,26H,3-4,15-25,27H2,1-2H3. The highest BCUT2D eigenvalue weighted by molar-refractivity contribution is 6.06. The zero-order chi connectivity index (χ0) is 29.7. The van der Waals surface area contributed by atoms with Gasteiger partial charge in [0.25, 0.3) is 0 Å². The van der Waals surface area contributed by atoms with Crippen LogP contribution in [0.3, 0.4) is 0 Å². The van der Waals surface area contributed by atoms with E-state index in [9.17, 15) is 0 Å². The number of benzene rings is 4. The van der Waals surface area contributed by atoms with Crippen LogP contribution in [0.1, 0.15) is 30.5 Å². The van der Waals surface area contributed by atoms with Crippen LogP contribution in [-0.2, 0) is 31.9 Å². The maximum atomic E-state index is 6.22. The van der Waals surface area contributed by atoms with Gasteiger partial charge in [0.15, 0.2) is 11.5 Å². The van der Waals surface area contributed by atoms with E-state index in [0.29, 0.717) is 77.6 Å². The molecule has 1 heterocycles. The van der Waals surface area contributed by atoms with Crippen molar-refractivity contribution in [1.82, 2.24) is 4.90 Å². The highest BCUT2D eigenvalue weighted by atomic mass is 16.6. The van der Waals surface area contributed by atoms with E-state index in [1.807, 2.05) is 6.07 Å². The van der Waals surface area contributed by atoms with Gasteiger partial charge in [-0.2, -0.15) is 0 Å². The van der Waals surface area contributed by atoms with Crippen LogP contribution in [0.5, 0.6) is 11.5 Å². The summed E-state index contributed by atoms with van der Waals surface area (Å²) >= 11 is 0. The molecule has 0 N–H and O–H groups in total. The van der Waals surface area contributed by atoms with Gasteiger partial charge in [-0.25, -0.2) is 0 Å². The Hall–Kier alpha value is -3.20. The first-order valence-electron chi connectivity index (χ1n) is 15.6. The Bertz CT molecular complexity index is 1380. The van der Waals surface area contributed by atoms with E-state index in [2.05, 4.69) is 79.4 Å². The molecule has 0 atom stereocenters. The van der Waals surface area contributed by atoms with Gasteiger partial charge in [0.2, 0.25) is 0 Å². The Kier molecular flexibility index (Phi) is 12.1. The average Bonchev–Trinajstić information content (AvgIpc) is 3.04. The van der Waals surface area contributed by atoms with Gasteiger partial charge in [0.05, 0.1) is 52.9 Å². The number of nitrogens with zero attached hydrogens (tertiary/aromatic N) is 1. The predicted molar refractivity (Wildman–Crippen MR) is 172 cm³/mol. The molecule has 0 saturated heterocycles. The molecule has 0 saturated carbocycles. The third-order valence-electron chi connectivity index (χ3n) is 7.91. The average molecular weight is 588 g/mol. The molecule has 4 aromatic carbocycles. The molecule has 43 heavy (non-hydrogen) atoms. The summed E-state index contributed by atoms with van der Waals surface area (Å²) in [6, 6.07) is 24.0. The maximum absolute atomic E-state index is 6.22. The first kappa shape index (κ1) is 31.2. The Morgan fingerprint density at radius 2 is 0.953 bits per heavy atom. The van der Waals surface area contributed by atoms with Crippen LogP contribution in [0.15, 0.2) is 66.7 Å². The molecule has 5 rings (SSSR count). The van der Waals surface area contributed by atoms with Crippen molar-refractivity contribution in [2.24, 2.45) is 0 Å². The second kappa shape index (κ2) is 16.6. The summed E-state index contributed by atoms with van der Waals surface area (Å²) in [5.41, 5.74) is 3.89. The van der Waals surface area contributed by atoms with Crippen LogP contribution in [0, 0.1) is 0 Å². The molecule has 1 aliphatic rings. The Balaban J connectivity index is 1.43. The molecule has 0 bridgehead atoms. The van der Waals surface area contributed by atoms with Crippen LogP contribution in [0.2, 0.25) is 0 Å². The van der Waals surface area contributed by atoms with E-state index in [1.54, 1.807) is 0 Å². The van der Waals surface area contributed by atoms with Crippen LogP contribution in [-0.4, -0.2) is 84.1 Å². The summed E-state index contributed by atoms with van der Waals surface area (Å²) in [4.78, 5) is 2.49. The molecule has 0 spiro atoms. The summed E-state index contributed by atoms with van der Waals surface area (Å²) < 4.78 is 34.8. The lowest BCUT2D eigenvalue weighted by atomic mass is 9.88. The Morgan fingerprint density at radius 1 is 0.512 bits per heavy atom. The molecule has 0 radical (unpaired) electrons. The zero-order valence-electron chi connectivity index (χ0n) is 25.6. The first-order chi connectivity index (χ1) is 21.3. The molecule has 230 valence electrons. The second-order valence-electron chi connectivity index (χ2n) is 10.6. The molecule has 0 unspecified atom stereocenters. The van der Waals surface area contributed by atoms with E-state index in [-0.39, 0.29) is 0 Å². The van der Waals surface area contributed by atoms with Gasteiger partial charge in [-0.15, -0.1) is 0 Å². The number of ether oxygens (including phenoxy) is 6. The Morgan fingerprint density at radius 3 is 1.44 bits per heavy atom. The van der Waals surface area contributed by atoms with Gasteiger partial charge in [-0.3, -0.25) is 4.90 Å². The molecule has 0 amide bonds. The quantitative estimate of drug-likeness (QED) is 0.247. The highest BCUT2D eigenvalue weighted by Gasteiger charge is 2.17. The number of rotatable bonds is 6. The van der Waals surface area contributed by atoms with Crippen molar-refractivity contribution in [3.63, 3.8) is 0 Å². The molecule has 0 fully saturated rings. The first-order valence-corrected chi connectivity index (χ1v) is 15.6. The topological polar surface area (TPSA) is 58.6 Å². The lowest BCUT2D eigenvalue weighted by Gasteiger charge is -2.23. The number of fused-ring (bicyclic) bond motifs is 3. The van der Waals surface area contributed by atoms with E-state index < -0.39 is 0 Å². The number of hydrogen-bond donors (Lipinski definition) is 0. The lowest BCUT2D eigenvalue weighted by molar-refractivity contribution is -0.00842. The van der Waals surface area contributed by atoms with Crippen molar-refractivity contribution in [3.05, 3.63) is 83.4 Å². The van der Waals surface area contributed by atoms with Gasteiger partial charge in [-0.05, 0) is 69.9 Å². The minimum absolute atomic E-state index is 0.422. The van der Waals surface area contributed by atoms with E-state index in [1.165, 1.54) is 38.2 Å². The Labute approximate surface area is 255 Å². The van der Waals surface area contributed by atoms with Crippen LogP contribution < -0.4 is 9.47 Å². The van der Waals surface area contributed by atoms with Crippen molar-refractivity contribution >= 4 is 21.5 Å². The van der Waals surface area contributed by atoms with Gasteiger partial charge in [0, 0.05) is 6.54 Å². The maximum Gasteiger partial charge on any atom is 0.161 e. The fourth-order valence-electron chi connectivity index (χ4n) is 5.62. The highest BCUT2D eigenvalue weighted by Crippen LogP contribution is 2.36. The van der Waals surface area contributed by atoms with E-state index >= 15 is 0 Å². The summed E-state index contributed by atoms with van der Waals surface area (Å²) in [6.07, 6.45) is 0.778. The molecule has 4 aromatic rings. The summed E-state index contributed by atoms with van der Waals surface area (Å²) in [6.45, 7) is 12.4. The fourth-order valence-corrected chi connectivity index (χ4v) is 5.62. The van der Waals surface area contributed by atoms with Crippen molar-refractivity contribution in [3.8, 4) is 11.5 Å². The van der Waals surface area contributed by atoms with Gasteiger partial charge >= 0.3 is 0 Å². The van der Waals surface area contributed by atoms with E-state index in [4.69, 9.17) is 28.4 Å². The summed E-state index contributed by atoms with van der Waals surface area (Å²) in [5, 5.41) is 5.25. The predicted octanol–water partition coefficient (Wildman–Crippen LogP) is 6.26. The van der Waals surface area contributed by atoms with Gasteiger partial charge < -0.3 is 28.4 Å². The van der Waals surface area contributed by atoms with Crippen molar-refractivity contribution in [1.29, 1.82) is 0 Å². The SMILES string of the molecule is CCN(CC)Cc1c2ccccc2c(Cc2ccc3c(c2)OCCOCCOCCOCCOCCO3)c2ccccc12. The van der Waals surface area contributed by atoms with Gasteiger partial charge in [-0.1, -0.05) is 68.4 Å². The molecular weight excluding hydrogens is 542 g/mol. The molecule has 7 heteroatoms. The third-order valence-corrected chi connectivity index (χ3v) is 7.91. The van der Waals surface area contributed by atoms with Crippen molar-refractivity contribution in [2.75, 3.05) is 79.2 Å². The van der Waals surface area contributed by atoms with Crippen molar-refractivity contribution < 1.29 is 28.4 Å². The normalized spacial score (nSPS) is 16.3. The lowest BCUT2D eigenvalue weighted by Crippen LogP contribution is -2.22.